The van der Waals surface area contributed by atoms with Crippen LogP contribution in [0.15, 0.2) is 35.6 Å². The van der Waals surface area contributed by atoms with E-state index in [0.717, 1.165) is 29.3 Å². The molecule has 0 unspecified atom stereocenters. The monoisotopic (exact) mass is 717 g/mol. The van der Waals surface area contributed by atoms with Crippen LogP contribution in [-0.4, -0.2) is 28.0 Å². The van der Waals surface area contributed by atoms with Crippen LogP contribution in [0.2, 0.25) is 0 Å². The lowest BCUT2D eigenvalue weighted by Gasteiger charge is -2.42. The summed E-state index contributed by atoms with van der Waals surface area (Å²) in [6.07, 6.45) is -6.14. The average molecular weight is 717 g/mol. The molecule has 4 rings (SSSR count). The number of hydrogen-bond donors (Lipinski definition) is 0. The lowest BCUT2D eigenvalue weighted by atomic mass is 9.23. The molecule has 0 aliphatic carbocycles. The van der Waals surface area contributed by atoms with E-state index in [2.05, 4.69) is 5.22 Å². The molecule has 0 spiro atoms. The third-order valence-electron chi connectivity index (χ3n) is 7.63. The minimum atomic E-state index is -6.14. The summed E-state index contributed by atoms with van der Waals surface area (Å²) in [7, 11) is 0. The highest BCUT2D eigenvalue weighted by Crippen LogP contribution is 2.32. The molecule has 4 aromatic rings. The van der Waals surface area contributed by atoms with E-state index >= 15 is 52.7 Å². The zero-order valence-electron chi connectivity index (χ0n) is 25.1. The van der Waals surface area contributed by atoms with Crippen molar-refractivity contribution in [2.75, 3.05) is 0 Å². The molecule has 0 N–H and O–H groups in total. The number of hydrogen-bond acceptors (Lipinski definition) is 1. The summed E-state index contributed by atoms with van der Waals surface area (Å²) in [4.78, 5) is 0. The van der Waals surface area contributed by atoms with Gasteiger partial charge >= 0.3 is 6.28 Å². The van der Waals surface area contributed by atoms with Crippen LogP contribution in [0.1, 0.15) is 27.7 Å². The summed E-state index contributed by atoms with van der Waals surface area (Å²) < 4.78 is 229. The Labute approximate surface area is 266 Å². The van der Waals surface area contributed by atoms with E-state index in [0.29, 0.717) is 0 Å². The molecule has 0 fully saturated rings. The molecule has 3 nitrogen and oxygen atoms in total. The largest absolute Gasteiger partial charge is 0.316 e. The summed E-state index contributed by atoms with van der Waals surface area (Å²) in [5, 5.41) is 4.72. The highest BCUT2D eigenvalue weighted by molar-refractivity contribution is 7.06. The van der Waals surface area contributed by atoms with Gasteiger partial charge in [-0.25, -0.2) is 65.9 Å². The molecular weight excluding hydrogens is 698 g/mol. The van der Waals surface area contributed by atoms with Crippen molar-refractivity contribution in [3.05, 3.63) is 118 Å². The van der Waals surface area contributed by atoms with E-state index in [1.54, 1.807) is 0 Å². The van der Waals surface area contributed by atoms with Gasteiger partial charge in [-0.15, -0.1) is 0 Å². The first-order chi connectivity index (χ1) is 22.8. The van der Waals surface area contributed by atoms with E-state index in [1.807, 2.05) is 0 Å². The molecule has 19 heteroatoms. The minimum Gasteiger partial charge on any atom is -0.316 e. The van der Waals surface area contributed by atoms with Gasteiger partial charge in [-0.2, -0.15) is 5.01 Å². The Morgan fingerprint density at radius 1 is 0.429 bits per heavy atom. The van der Waals surface area contributed by atoms with Gasteiger partial charge in [0, 0.05) is 5.22 Å². The molecule has 0 aliphatic rings. The molecule has 0 radical (unpaired) electrons. The van der Waals surface area contributed by atoms with Crippen LogP contribution in [0.25, 0.3) is 0 Å². The summed E-state index contributed by atoms with van der Waals surface area (Å²) in [6.45, 7) is 5.26. The second-order valence-corrected chi connectivity index (χ2v) is 11.1. The lowest BCUT2D eigenvalue weighted by molar-refractivity contribution is -0.403. The van der Waals surface area contributed by atoms with Crippen molar-refractivity contribution in [2.45, 2.75) is 39.8 Å². The first-order valence-corrected chi connectivity index (χ1v) is 13.8. The molecule has 0 saturated carbocycles. The standard InChI is InChI=1S/C30H19BF15N3/c1-10(2)48(11(3)4)47-49(12-8-6-5-7-9-12)31(13-16(32)22(38)28(44)23(39)17(13)33,14-18(34)24(40)29(45)25(41)19(14)35)15-20(36)26(42)30(46)27(43)21(15)37/h5-11H,1-4H3/b49-47+. The summed E-state index contributed by atoms with van der Waals surface area (Å²) in [6, 6.07) is 2.69. The van der Waals surface area contributed by atoms with Crippen molar-refractivity contribution in [3.63, 3.8) is 0 Å². The van der Waals surface area contributed by atoms with Gasteiger partial charge in [-0.05, 0) is 39.8 Å². The molecule has 0 bridgehead atoms. The molecule has 49 heavy (non-hydrogen) atoms. The first kappa shape index (κ1) is 37.1. The fourth-order valence-electron chi connectivity index (χ4n) is 5.61. The Hall–Kier alpha value is -4.71. The van der Waals surface area contributed by atoms with Gasteiger partial charge in [0.15, 0.2) is 52.4 Å². The number of nitrogens with zero attached hydrogens (tertiary/aromatic N) is 3. The second kappa shape index (κ2) is 13.3. The summed E-state index contributed by atoms with van der Waals surface area (Å²) in [5.74, 6) is -46.4. The highest BCUT2D eigenvalue weighted by atomic mass is 19.2. The summed E-state index contributed by atoms with van der Waals surface area (Å²) in [5.41, 5.74) is -9.28. The van der Waals surface area contributed by atoms with Crippen molar-refractivity contribution in [1.82, 2.24) is 5.01 Å². The number of halogens is 15. The van der Waals surface area contributed by atoms with Gasteiger partial charge in [0.25, 0.3) is 0 Å². The maximum absolute atomic E-state index is 16.1. The van der Waals surface area contributed by atoms with Crippen LogP contribution in [-0.2, 0) is 0 Å². The SMILES string of the molecule is CC(C)N(/N=[N+](\c1ccccc1)[B-](c1c(F)c(F)c(F)c(F)c1F)(c1c(F)c(F)c(F)c(F)c1F)c1c(F)c(F)c(F)c(F)c1F)C(C)C. The molecule has 0 atom stereocenters. The molecule has 0 aliphatic heterocycles. The van der Waals surface area contributed by atoms with Crippen LogP contribution in [0.4, 0.5) is 71.5 Å². The first-order valence-electron chi connectivity index (χ1n) is 13.8. The van der Waals surface area contributed by atoms with E-state index < -0.39 is 128 Å². The van der Waals surface area contributed by atoms with Gasteiger partial charge in [0.1, 0.15) is 52.7 Å². The number of rotatable bonds is 8. The van der Waals surface area contributed by atoms with E-state index in [-0.39, 0.29) is 4.61 Å². The smallest absolute Gasteiger partial charge is 0.313 e. The van der Waals surface area contributed by atoms with Crippen LogP contribution in [0.5, 0.6) is 0 Å². The normalized spacial score (nSPS) is 12.5. The Bertz CT molecular complexity index is 1740. The van der Waals surface area contributed by atoms with Crippen LogP contribution >= 0.6 is 0 Å². The fourth-order valence-corrected chi connectivity index (χ4v) is 5.61. The topological polar surface area (TPSA) is 18.6 Å². The maximum Gasteiger partial charge on any atom is 0.313 e. The van der Waals surface area contributed by atoms with Crippen LogP contribution in [0, 0.1) is 87.3 Å². The predicted molar refractivity (Wildman–Crippen MR) is 144 cm³/mol. The third kappa shape index (κ3) is 5.55. The number of benzene rings is 4. The molecule has 4 aromatic carbocycles. The Morgan fingerprint density at radius 3 is 0.918 bits per heavy atom. The number of para-hydroxylation sites is 1. The van der Waals surface area contributed by atoms with E-state index in [9.17, 15) is 13.2 Å². The Morgan fingerprint density at radius 2 is 0.673 bits per heavy atom. The molecular formula is C30H19BF15N3. The van der Waals surface area contributed by atoms with Crippen molar-refractivity contribution in [2.24, 2.45) is 5.22 Å². The van der Waals surface area contributed by atoms with Crippen molar-refractivity contribution in [1.29, 1.82) is 0 Å². The van der Waals surface area contributed by atoms with Crippen LogP contribution in [0.3, 0.4) is 0 Å². The van der Waals surface area contributed by atoms with E-state index in [1.165, 1.54) is 33.8 Å². The summed E-state index contributed by atoms with van der Waals surface area (Å²) >= 11 is 0. The predicted octanol–water partition coefficient (Wildman–Crippen LogP) is 7.57. The van der Waals surface area contributed by atoms with Crippen LogP contribution < -0.4 is 16.4 Å². The van der Waals surface area contributed by atoms with Gasteiger partial charge in [-0.3, -0.25) is 0 Å². The quantitative estimate of drug-likeness (QED) is 0.0460. The molecule has 0 aromatic heterocycles. The molecule has 0 heterocycles. The van der Waals surface area contributed by atoms with Crippen molar-refractivity contribution in [3.8, 4) is 0 Å². The zero-order chi connectivity index (χ0) is 37.0. The highest BCUT2D eigenvalue weighted by Gasteiger charge is 2.56. The maximum atomic E-state index is 16.1. The van der Waals surface area contributed by atoms with E-state index in [4.69, 9.17) is 0 Å². The van der Waals surface area contributed by atoms with Gasteiger partial charge in [-0.1, -0.05) is 34.6 Å². The Kier molecular flexibility index (Phi) is 10.1. The van der Waals surface area contributed by atoms with Gasteiger partial charge < -0.3 is 4.61 Å². The van der Waals surface area contributed by atoms with Crippen molar-refractivity contribution >= 4 is 28.4 Å². The second-order valence-electron chi connectivity index (χ2n) is 11.1. The van der Waals surface area contributed by atoms with Gasteiger partial charge in [0.05, 0.1) is 0 Å². The lowest BCUT2D eigenvalue weighted by Crippen LogP contribution is -2.78. The zero-order valence-corrected chi connectivity index (χ0v) is 25.1. The molecule has 262 valence electrons. The third-order valence-corrected chi connectivity index (χ3v) is 7.63. The minimum absolute atomic E-state index is 0.297. The molecule has 0 saturated heterocycles. The fraction of sp³-hybridized carbons (Fsp3) is 0.200. The molecule has 0 amide bonds. The van der Waals surface area contributed by atoms with Gasteiger partial charge in [0.2, 0.25) is 0 Å². The average Bonchev–Trinajstić information content (AvgIpc) is 3.06. The van der Waals surface area contributed by atoms with Crippen molar-refractivity contribution < 1.29 is 70.5 Å². The Balaban J connectivity index is 2.66.